The molecule has 28 heavy (non-hydrogen) atoms. The highest BCUT2D eigenvalue weighted by atomic mass is 35.5. The maximum Gasteiger partial charge on any atom is 0.247 e. The van der Waals surface area contributed by atoms with Gasteiger partial charge in [-0.2, -0.15) is 4.98 Å². The minimum Gasteiger partial charge on any atom is -0.437 e. The first-order valence-corrected chi connectivity index (χ1v) is 9.79. The van der Waals surface area contributed by atoms with Gasteiger partial charge in [0.25, 0.3) is 0 Å². The fourth-order valence-electron chi connectivity index (χ4n) is 2.87. The first-order chi connectivity index (χ1) is 13.5. The number of fused-ring (bicyclic) bond motifs is 1. The second-order valence-corrected chi connectivity index (χ2v) is 7.71. The van der Waals surface area contributed by atoms with Crippen molar-refractivity contribution in [3.05, 3.63) is 71.1 Å². The standard InChI is InChI=1S/C21H17ClN4OS/c1-12-9-15(10-13(2)17(12)22)27-20-18(23)21(26-11-25-20)28-16-7-3-5-14-6-4-8-24-19(14)16/h3-11H,23H2,1-2H3. The van der Waals surface area contributed by atoms with Crippen LogP contribution >= 0.6 is 23.4 Å². The summed E-state index contributed by atoms with van der Waals surface area (Å²) in [5, 5.41) is 2.40. The van der Waals surface area contributed by atoms with Crippen molar-refractivity contribution in [2.75, 3.05) is 5.73 Å². The molecular formula is C21H17ClN4OS. The third kappa shape index (κ3) is 3.61. The molecule has 0 saturated heterocycles. The van der Waals surface area contributed by atoms with E-state index in [0.717, 1.165) is 31.9 Å². The monoisotopic (exact) mass is 408 g/mol. The molecule has 4 rings (SSSR count). The van der Waals surface area contributed by atoms with Gasteiger partial charge in [0.2, 0.25) is 5.88 Å². The summed E-state index contributed by atoms with van der Waals surface area (Å²) in [7, 11) is 0. The molecule has 0 spiro atoms. The van der Waals surface area contributed by atoms with E-state index in [0.29, 0.717) is 22.3 Å². The van der Waals surface area contributed by atoms with Gasteiger partial charge in [-0.05, 0) is 49.2 Å². The predicted octanol–water partition coefficient (Wildman–Crippen LogP) is 5.82. The van der Waals surface area contributed by atoms with Crippen molar-refractivity contribution < 1.29 is 4.74 Å². The summed E-state index contributed by atoms with van der Waals surface area (Å²) < 4.78 is 5.93. The Bertz CT molecular complexity index is 1150. The number of rotatable bonds is 4. The van der Waals surface area contributed by atoms with Gasteiger partial charge < -0.3 is 10.5 Å². The van der Waals surface area contributed by atoms with Crippen LogP contribution in [0.25, 0.3) is 10.9 Å². The zero-order chi connectivity index (χ0) is 19.7. The molecule has 0 aliphatic rings. The van der Waals surface area contributed by atoms with Gasteiger partial charge in [-0.1, -0.05) is 41.6 Å². The van der Waals surface area contributed by atoms with E-state index in [1.807, 2.05) is 56.3 Å². The van der Waals surface area contributed by atoms with E-state index in [-0.39, 0.29) is 0 Å². The molecule has 5 nitrogen and oxygen atoms in total. The van der Waals surface area contributed by atoms with Gasteiger partial charge in [-0.3, -0.25) is 4.98 Å². The molecule has 0 aliphatic carbocycles. The topological polar surface area (TPSA) is 73.9 Å². The molecule has 0 unspecified atom stereocenters. The first-order valence-electron chi connectivity index (χ1n) is 8.59. The fraction of sp³-hybridized carbons (Fsp3) is 0.0952. The van der Waals surface area contributed by atoms with E-state index in [2.05, 4.69) is 15.0 Å². The normalized spacial score (nSPS) is 11.0. The van der Waals surface area contributed by atoms with Crippen LogP contribution < -0.4 is 10.5 Å². The third-order valence-electron chi connectivity index (χ3n) is 4.24. The van der Waals surface area contributed by atoms with Gasteiger partial charge in [0.05, 0.1) is 5.52 Å². The molecule has 4 aromatic rings. The number of hydrogen-bond acceptors (Lipinski definition) is 6. The van der Waals surface area contributed by atoms with Gasteiger partial charge >= 0.3 is 0 Å². The Kier molecular flexibility index (Phi) is 5.07. The Morgan fingerprint density at radius 3 is 2.54 bits per heavy atom. The lowest BCUT2D eigenvalue weighted by Gasteiger charge is -2.12. The third-order valence-corrected chi connectivity index (χ3v) is 5.90. The smallest absolute Gasteiger partial charge is 0.247 e. The van der Waals surface area contributed by atoms with Crippen LogP contribution in [-0.4, -0.2) is 15.0 Å². The number of benzene rings is 2. The number of nitrogens with zero attached hydrogens (tertiary/aromatic N) is 3. The fourth-order valence-corrected chi connectivity index (χ4v) is 3.89. The molecule has 7 heteroatoms. The van der Waals surface area contributed by atoms with Crippen LogP contribution in [0.2, 0.25) is 5.02 Å². The summed E-state index contributed by atoms with van der Waals surface area (Å²) in [5.74, 6) is 0.944. The van der Waals surface area contributed by atoms with Crippen molar-refractivity contribution in [1.82, 2.24) is 15.0 Å². The predicted molar refractivity (Wildman–Crippen MR) is 113 cm³/mol. The van der Waals surface area contributed by atoms with E-state index < -0.39 is 0 Å². The molecule has 0 amide bonds. The number of hydrogen-bond donors (Lipinski definition) is 1. The number of para-hydroxylation sites is 1. The van der Waals surface area contributed by atoms with Gasteiger partial charge in [-0.25, -0.2) is 4.98 Å². The maximum atomic E-state index is 6.31. The Balaban J connectivity index is 1.67. The molecule has 0 aliphatic heterocycles. The van der Waals surface area contributed by atoms with Gasteiger partial charge in [0.1, 0.15) is 22.8 Å². The minimum absolute atomic E-state index is 0.312. The van der Waals surface area contributed by atoms with Crippen molar-refractivity contribution in [2.45, 2.75) is 23.8 Å². The SMILES string of the molecule is Cc1cc(Oc2ncnc(Sc3cccc4cccnc34)c2N)cc(C)c1Cl. The Morgan fingerprint density at radius 2 is 1.75 bits per heavy atom. The average Bonchev–Trinajstić information content (AvgIpc) is 2.69. The van der Waals surface area contributed by atoms with Crippen LogP contribution in [0.5, 0.6) is 11.6 Å². The first kappa shape index (κ1) is 18.5. The second kappa shape index (κ2) is 7.66. The zero-order valence-electron chi connectivity index (χ0n) is 15.3. The molecule has 0 bridgehead atoms. The van der Waals surface area contributed by atoms with Crippen LogP contribution in [0, 0.1) is 13.8 Å². The van der Waals surface area contributed by atoms with Crippen LogP contribution in [0.4, 0.5) is 5.69 Å². The molecule has 2 aromatic carbocycles. The lowest BCUT2D eigenvalue weighted by molar-refractivity contribution is 0.461. The highest BCUT2D eigenvalue weighted by Gasteiger charge is 2.14. The number of ether oxygens (including phenoxy) is 1. The lowest BCUT2D eigenvalue weighted by atomic mass is 10.1. The van der Waals surface area contributed by atoms with Crippen molar-refractivity contribution in [1.29, 1.82) is 0 Å². The molecule has 0 atom stereocenters. The number of aromatic nitrogens is 3. The molecule has 2 aromatic heterocycles. The molecular weight excluding hydrogens is 392 g/mol. The number of halogens is 1. The summed E-state index contributed by atoms with van der Waals surface area (Å²) in [4.78, 5) is 14.0. The van der Waals surface area contributed by atoms with E-state index in [1.54, 1.807) is 6.20 Å². The summed E-state index contributed by atoms with van der Waals surface area (Å²) in [5.41, 5.74) is 9.46. The maximum absolute atomic E-state index is 6.31. The quantitative estimate of drug-likeness (QED) is 0.429. The van der Waals surface area contributed by atoms with Crippen LogP contribution in [0.15, 0.2) is 64.9 Å². The Labute approximate surface area is 171 Å². The van der Waals surface area contributed by atoms with Crippen molar-refractivity contribution in [2.24, 2.45) is 0 Å². The number of anilines is 1. The van der Waals surface area contributed by atoms with Crippen molar-refractivity contribution in [3.8, 4) is 11.6 Å². The Hall–Kier alpha value is -2.83. The zero-order valence-corrected chi connectivity index (χ0v) is 16.9. The van der Waals surface area contributed by atoms with Crippen molar-refractivity contribution >= 4 is 40.0 Å². The van der Waals surface area contributed by atoms with Gasteiger partial charge in [-0.15, -0.1) is 0 Å². The molecule has 2 N–H and O–H groups in total. The van der Waals surface area contributed by atoms with Crippen LogP contribution in [0.3, 0.4) is 0 Å². The van der Waals surface area contributed by atoms with E-state index in [4.69, 9.17) is 22.1 Å². The summed E-state index contributed by atoms with van der Waals surface area (Å²) >= 11 is 7.67. The molecule has 140 valence electrons. The van der Waals surface area contributed by atoms with E-state index in [1.165, 1.54) is 18.1 Å². The van der Waals surface area contributed by atoms with E-state index >= 15 is 0 Å². The average molecular weight is 409 g/mol. The van der Waals surface area contributed by atoms with Gasteiger partial charge in [0, 0.05) is 21.5 Å². The Morgan fingerprint density at radius 1 is 1.00 bits per heavy atom. The largest absolute Gasteiger partial charge is 0.437 e. The molecule has 0 saturated carbocycles. The van der Waals surface area contributed by atoms with Crippen molar-refractivity contribution in [3.63, 3.8) is 0 Å². The number of pyridine rings is 1. The molecule has 2 heterocycles. The number of nitrogen functional groups attached to an aromatic ring is 1. The highest BCUT2D eigenvalue weighted by molar-refractivity contribution is 7.99. The summed E-state index contributed by atoms with van der Waals surface area (Å²) in [6, 6.07) is 13.7. The van der Waals surface area contributed by atoms with Crippen LogP contribution in [-0.2, 0) is 0 Å². The molecule has 0 fully saturated rings. The second-order valence-electron chi connectivity index (χ2n) is 6.30. The summed E-state index contributed by atoms with van der Waals surface area (Å²) in [6.45, 7) is 3.86. The lowest BCUT2D eigenvalue weighted by Crippen LogP contribution is -2.00. The molecule has 0 radical (unpaired) electrons. The summed E-state index contributed by atoms with van der Waals surface area (Å²) in [6.07, 6.45) is 3.22. The van der Waals surface area contributed by atoms with Gasteiger partial charge in [0.15, 0.2) is 0 Å². The number of aryl methyl sites for hydroxylation is 2. The van der Waals surface area contributed by atoms with Crippen LogP contribution in [0.1, 0.15) is 11.1 Å². The minimum atomic E-state index is 0.312. The highest BCUT2D eigenvalue weighted by Crippen LogP contribution is 2.38. The van der Waals surface area contributed by atoms with E-state index in [9.17, 15) is 0 Å². The number of nitrogens with two attached hydrogens (primary N) is 1.